The van der Waals surface area contributed by atoms with Crippen molar-refractivity contribution in [3.05, 3.63) is 43.5 Å². The van der Waals surface area contributed by atoms with Crippen LogP contribution in [0.2, 0.25) is 4.47 Å². The molecule has 0 atom stereocenters. The van der Waals surface area contributed by atoms with Crippen molar-refractivity contribution < 1.29 is 13.2 Å². The zero-order valence-corrected chi connectivity index (χ0v) is 12.4. The summed E-state index contributed by atoms with van der Waals surface area (Å²) < 4.78 is 39.3. The lowest BCUT2D eigenvalue weighted by Gasteiger charge is -2.10. The summed E-state index contributed by atoms with van der Waals surface area (Å²) in [5, 5.41) is 2.82. The fraction of sp³-hybridized carbons (Fsp3) is 0.182. The first-order valence-electron chi connectivity index (χ1n) is 5.08. The standard InChI is InChI=1S/C11H7BrClF3N2S/c12-7-1-5(10(15)16)2-8(14)9(7)17-3-6-4-18-11(13)19-6/h1-2,4,10,17H,3H2. The Kier molecular flexibility index (Phi) is 4.70. The minimum Gasteiger partial charge on any atom is -0.377 e. The molecule has 2 rings (SSSR count). The van der Waals surface area contributed by atoms with Gasteiger partial charge in [-0.2, -0.15) is 0 Å². The van der Waals surface area contributed by atoms with Crippen LogP contribution in [-0.4, -0.2) is 4.98 Å². The average Bonchev–Trinajstić information content (AvgIpc) is 2.73. The molecule has 1 heterocycles. The third-order valence-corrected chi connectivity index (χ3v) is 4.02. The Bertz CT molecular complexity index is 568. The molecule has 0 fully saturated rings. The van der Waals surface area contributed by atoms with E-state index in [1.165, 1.54) is 17.4 Å². The van der Waals surface area contributed by atoms with Crippen LogP contribution in [0.3, 0.4) is 0 Å². The first-order valence-corrected chi connectivity index (χ1v) is 7.07. The smallest absolute Gasteiger partial charge is 0.263 e. The van der Waals surface area contributed by atoms with Gasteiger partial charge in [-0.15, -0.1) is 11.3 Å². The van der Waals surface area contributed by atoms with Gasteiger partial charge in [0.15, 0.2) is 4.47 Å². The second-order valence-electron chi connectivity index (χ2n) is 3.59. The molecular formula is C11H7BrClF3N2S. The Morgan fingerprint density at radius 1 is 1.42 bits per heavy atom. The highest BCUT2D eigenvalue weighted by atomic mass is 79.9. The molecule has 102 valence electrons. The van der Waals surface area contributed by atoms with Gasteiger partial charge in [-0.1, -0.05) is 11.6 Å². The number of rotatable bonds is 4. The third-order valence-electron chi connectivity index (χ3n) is 2.28. The molecule has 1 aromatic carbocycles. The molecule has 2 aromatic rings. The summed E-state index contributed by atoms with van der Waals surface area (Å²) in [4.78, 5) is 4.66. The van der Waals surface area contributed by atoms with Gasteiger partial charge < -0.3 is 5.32 Å². The Morgan fingerprint density at radius 3 is 2.68 bits per heavy atom. The zero-order chi connectivity index (χ0) is 14.0. The van der Waals surface area contributed by atoms with E-state index in [1.54, 1.807) is 6.20 Å². The Morgan fingerprint density at radius 2 is 2.16 bits per heavy atom. The SMILES string of the molecule is Fc1cc(C(F)F)cc(Br)c1NCc1cnc(Cl)s1. The van der Waals surface area contributed by atoms with Crippen molar-refractivity contribution in [2.45, 2.75) is 13.0 Å². The van der Waals surface area contributed by atoms with Crippen LogP contribution in [0.25, 0.3) is 0 Å². The van der Waals surface area contributed by atoms with Crippen molar-refractivity contribution in [2.75, 3.05) is 5.32 Å². The van der Waals surface area contributed by atoms with E-state index in [0.717, 1.165) is 10.9 Å². The number of aromatic nitrogens is 1. The van der Waals surface area contributed by atoms with Gasteiger partial charge in [-0.05, 0) is 28.1 Å². The fourth-order valence-electron chi connectivity index (χ4n) is 1.43. The highest BCUT2D eigenvalue weighted by molar-refractivity contribution is 9.10. The molecule has 0 bridgehead atoms. The van der Waals surface area contributed by atoms with Crippen LogP contribution in [0, 0.1) is 5.82 Å². The molecule has 8 heteroatoms. The normalized spacial score (nSPS) is 11.1. The number of alkyl halides is 2. The monoisotopic (exact) mass is 370 g/mol. The Balaban J connectivity index is 2.16. The Hall–Kier alpha value is -0.790. The van der Waals surface area contributed by atoms with Crippen LogP contribution >= 0.6 is 38.9 Å². The van der Waals surface area contributed by atoms with Crippen molar-refractivity contribution in [3.63, 3.8) is 0 Å². The van der Waals surface area contributed by atoms with Crippen molar-refractivity contribution >= 4 is 44.6 Å². The van der Waals surface area contributed by atoms with E-state index in [0.29, 0.717) is 11.0 Å². The molecule has 0 spiro atoms. The molecule has 1 N–H and O–H groups in total. The maximum Gasteiger partial charge on any atom is 0.263 e. The van der Waals surface area contributed by atoms with E-state index in [4.69, 9.17) is 11.6 Å². The molecule has 0 unspecified atom stereocenters. The van der Waals surface area contributed by atoms with Gasteiger partial charge in [-0.25, -0.2) is 18.2 Å². The van der Waals surface area contributed by atoms with Crippen molar-refractivity contribution in [1.29, 1.82) is 0 Å². The minimum atomic E-state index is -2.71. The molecule has 0 saturated carbocycles. The number of hydrogen-bond donors (Lipinski definition) is 1. The molecule has 2 nitrogen and oxygen atoms in total. The topological polar surface area (TPSA) is 24.9 Å². The van der Waals surface area contributed by atoms with Crippen molar-refractivity contribution in [3.8, 4) is 0 Å². The second kappa shape index (κ2) is 6.11. The second-order valence-corrected chi connectivity index (χ2v) is 6.14. The molecule has 19 heavy (non-hydrogen) atoms. The molecule has 1 aromatic heterocycles. The predicted octanol–water partition coefficient (Wildman–Crippen LogP) is 5.25. The number of nitrogens with zero attached hydrogens (tertiary/aromatic N) is 1. The number of anilines is 1. The maximum absolute atomic E-state index is 13.7. The zero-order valence-electron chi connectivity index (χ0n) is 9.26. The summed E-state index contributed by atoms with van der Waals surface area (Å²) in [7, 11) is 0. The molecular weight excluding hydrogens is 365 g/mol. The quantitative estimate of drug-likeness (QED) is 0.794. The number of thiazole rings is 1. The molecule has 0 aliphatic heterocycles. The summed E-state index contributed by atoms with van der Waals surface area (Å²) in [6.45, 7) is 0.313. The first-order chi connectivity index (χ1) is 8.97. The summed E-state index contributed by atoms with van der Waals surface area (Å²) in [6, 6.07) is 2.01. The lowest BCUT2D eigenvalue weighted by atomic mass is 10.2. The van der Waals surface area contributed by atoms with Gasteiger partial charge in [0.1, 0.15) is 5.82 Å². The van der Waals surface area contributed by atoms with Crippen LogP contribution in [0.5, 0.6) is 0 Å². The van der Waals surface area contributed by atoms with Crippen LogP contribution < -0.4 is 5.32 Å². The van der Waals surface area contributed by atoms with E-state index in [-0.39, 0.29) is 15.7 Å². The van der Waals surface area contributed by atoms with E-state index >= 15 is 0 Å². The van der Waals surface area contributed by atoms with Crippen LogP contribution in [-0.2, 0) is 6.54 Å². The molecule has 0 radical (unpaired) electrons. The number of hydrogen-bond acceptors (Lipinski definition) is 3. The summed E-state index contributed by atoms with van der Waals surface area (Å²) in [5.41, 5.74) is -0.232. The number of nitrogens with one attached hydrogen (secondary N) is 1. The van der Waals surface area contributed by atoms with E-state index in [1.807, 2.05) is 0 Å². The first kappa shape index (κ1) is 14.6. The van der Waals surface area contributed by atoms with Gasteiger partial charge in [0.05, 0.1) is 12.2 Å². The lowest BCUT2D eigenvalue weighted by molar-refractivity contribution is 0.151. The highest BCUT2D eigenvalue weighted by Crippen LogP contribution is 2.32. The fourth-order valence-corrected chi connectivity index (χ4v) is 2.94. The van der Waals surface area contributed by atoms with Crippen LogP contribution in [0.4, 0.5) is 18.9 Å². The van der Waals surface area contributed by atoms with Gasteiger partial charge in [0, 0.05) is 21.1 Å². The molecule has 0 aliphatic carbocycles. The van der Waals surface area contributed by atoms with Crippen molar-refractivity contribution in [1.82, 2.24) is 4.98 Å². The minimum absolute atomic E-state index is 0.133. The van der Waals surface area contributed by atoms with E-state index in [2.05, 4.69) is 26.2 Å². The highest BCUT2D eigenvalue weighted by Gasteiger charge is 2.14. The molecule has 0 aliphatic rings. The Labute approximate surface area is 124 Å². The van der Waals surface area contributed by atoms with Gasteiger partial charge >= 0.3 is 0 Å². The summed E-state index contributed by atoms with van der Waals surface area (Å²) in [5.74, 6) is -0.736. The molecule has 0 amide bonds. The third kappa shape index (κ3) is 3.61. The summed E-state index contributed by atoms with van der Waals surface area (Å²) in [6.07, 6.45) is -1.14. The largest absolute Gasteiger partial charge is 0.377 e. The number of benzene rings is 1. The lowest BCUT2D eigenvalue weighted by Crippen LogP contribution is -2.02. The van der Waals surface area contributed by atoms with Crippen molar-refractivity contribution in [2.24, 2.45) is 0 Å². The maximum atomic E-state index is 13.7. The summed E-state index contributed by atoms with van der Waals surface area (Å²) >= 11 is 10.0. The average molecular weight is 372 g/mol. The van der Waals surface area contributed by atoms with Gasteiger partial charge in [0.25, 0.3) is 6.43 Å². The van der Waals surface area contributed by atoms with Crippen LogP contribution in [0.1, 0.15) is 16.9 Å². The predicted molar refractivity (Wildman–Crippen MR) is 73.5 cm³/mol. The van der Waals surface area contributed by atoms with Gasteiger partial charge in [-0.3, -0.25) is 0 Å². The van der Waals surface area contributed by atoms with E-state index < -0.39 is 12.2 Å². The van der Waals surface area contributed by atoms with Gasteiger partial charge in [0.2, 0.25) is 0 Å². The van der Waals surface area contributed by atoms with Crippen LogP contribution in [0.15, 0.2) is 22.8 Å². The molecule has 0 saturated heterocycles. The van der Waals surface area contributed by atoms with E-state index in [9.17, 15) is 13.2 Å². The number of halogens is 5.